The second-order valence-electron chi connectivity index (χ2n) is 6.08. The summed E-state index contributed by atoms with van der Waals surface area (Å²) in [5.74, 6) is -0.776. The highest BCUT2D eigenvalue weighted by atomic mass is 79.9. The van der Waals surface area contributed by atoms with Gasteiger partial charge in [0.15, 0.2) is 0 Å². The lowest BCUT2D eigenvalue weighted by Crippen LogP contribution is -2.26. The molecule has 28 heavy (non-hydrogen) atoms. The number of fused-ring (bicyclic) bond motifs is 3. The molecule has 0 aliphatic rings. The van der Waals surface area contributed by atoms with Crippen LogP contribution in [0.5, 0.6) is 0 Å². The molecule has 0 fully saturated rings. The quantitative estimate of drug-likeness (QED) is 0.406. The predicted molar refractivity (Wildman–Crippen MR) is 100 cm³/mol. The third kappa shape index (κ3) is 3.17. The van der Waals surface area contributed by atoms with Gasteiger partial charge in [-0.1, -0.05) is 22.0 Å². The largest absolute Gasteiger partial charge is 0.320 e. The third-order valence-electron chi connectivity index (χ3n) is 4.21. The van der Waals surface area contributed by atoms with Crippen molar-refractivity contribution >= 4 is 44.1 Å². The fourth-order valence-electron chi connectivity index (χ4n) is 3.12. The molecule has 2 aromatic carbocycles. The first-order valence-corrected chi connectivity index (χ1v) is 8.96. The first kappa shape index (κ1) is 18.6. The number of halogens is 5. The Morgan fingerprint density at radius 2 is 1.93 bits per heavy atom. The summed E-state index contributed by atoms with van der Waals surface area (Å²) >= 11 is 3.15. The molecule has 0 bridgehead atoms. The summed E-state index contributed by atoms with van der Waals surface area (Å²) in [6.45, 7) is 0.863. The molecular weight excluding hydrogens is 442 g/mol. The molecule has 0 saturated carbocycles. The number of hydrogen-bond donors (Lipinski definition) is 0. The van der Waals surface area contributed by atoms with E-state index in [4.69, 9.17) is 0 Å². The molecule has 0 aliphatic carbocycles. The summed E-state index contributed by atoms with van der Waals surface area (Å²) in [6, 6.07) is 8.06. The van der Waals surface area contributed by atoms with Gasteiger partial charge < -0.3 is 4.90 Å². The molecular formula is C18H12BrF4N5. The molecule has 0 spiro atoms. The Bertz CT molecular complexity index is 1170. The Hall–Kier alpha value is -2.75. The Labute approximate surface area is 164 Å². The average molecular weight is 454 g/mol. The third-order valence-corrected chi connectivity index (χ3v) is 4.66. The van der Waals surface area contributed by atoms with Crippen LogP contribution in [0.4, 0.5) is 29.1 Å². The SMILES string of the molecule is Cc1nnc2nc(N(CC(F)F)c3cc(F)cc(Br)c3)c3c(F)cccc3n12. The zero-order valence-electron chi connectivity index (χ0n) is 14.4. The van der Waals surface area contributed by atoms with Crippen LogP contribution < -0.4 is 4.90 Å². The van der Waals surface area contributed by atoms with E-state index >= 15 is 0 Å². The van der Waals surface area contributed by atoms with Crippen LogP contribution in [-0.4, -0.2) is 32.6 Å². The van der Waals surface area contributed by atoms with Crippen molar-refractivity contribution in [3.8, 4) is 0 Å². The highest BCUT2D eigenvalue weighted by Gasteiger charge is 2.24. The molecule has 0 radical (unpaired) electrons. The molecule has 0 amide bonds. The van der Waals surface area contributed by atoms with E-state index < -0.39 is 24.6 Å². The summed E-state index contributed by atoms with van der Waals surface area (Å²) in [7, 11) is 0. The number of nitrogens with zero attached hydrogens (tertiary/aromatic N) is 5. The average Bonchev–Trinajstić information content (AvgIpc) is 2.99. The van der Waals surface area contributed by atoms with E-state index in [0.29, 0.717) is 15.8 Å². The summed E-state index contributed by atoms with van der Waals surface area (Å²) in [5.41, 5.74) is 0.474. The topological polar surface area (TPSA) is 46.3 Å². The van der Waals surface area contributed by atoms with Crippen LogP contribution in [0.25, 0.3) is 16.7 Å². The van der Waals surface area contributed by atoms with Gasteiger partial charge in [-0.3, -0.25) is 4.40 Å². The normalized spacial score (nSPS) is 11.7. The molecule has 0 aliphatic heterocycles. The molecule has 0 unspecified atom stereocenters. The van der Waals surface area contributed by atoms with Crippen LogP contribution in [0.15, 0.2) is 40.9 Å². The van der Waals surface area contributed by atoms with Gasteiger partial charge in [0.25, 0.3) is 12.2 Å². The molecule has 2 heterocycles. The Morgan fingerprint density at radius 3 is 2.64 bits per heavy atom. The van der Waals surface area contributed by atoms with Crippen molar-refractivity contribution < 1.29 is 17.6 Å². The Morgan fingerprint density at radius 1 is 1.14 bits per heavy atom. The van der Waals surface area contributed by atoms with E-state index in [1.54, 1.807) is 13.0 Å². The van der Waals surface area contributed by atoms with Crippen molar-refractivity contribution in [1.82, 2.24) is 19.6 Å². The summed E-state index contributed by atoms with van der Waals surface area (Å²) < 4.78 is 57.4. The first-order chi connectivity index (χ1) is 13.3. The summed E-state index contributed by atoms with van der Waals surface area (Å²) in [4.78, 5) is 5.36. The number of aryl methyl sites for hydroxylation is 1. The molecule has 0 N–H and O–H groups in total. The lowest BCUT2D eigenvalue weighted by Gasteiger charge is -2.25. The minimum Gasteiger partial charge on any atom is -0.320 e. The Kier molecular flexibility index (Phi) is 4.66. The first-order valence-electron chi connectivity index (χ1n) is 8.17. The van der Waals surface area contributed by atoms with Gasteiger partial charge in [0, 0.05) is 10.2 Å². The molecule has 4 aromatic rings. The minimum atomic E-state index is -2.78. The van der Waals surface area contributed by atoms with Crippen LogP contribution in [0, 0.1) is 18.6 Å². The van der Waals surface area contributed by atoms with Gasteiger partial charge >= 0.3 is 0 Å². The van der Waals surface area contributed by atoms with Crippen LogP contribution in [0.1, 0.15) is 5.82 Å². The smallest absolute Gasteiger partial charge is 0.257 e. The summed E-state index contributed by atoms with van der Waals surface area (Å²) in [5, 5.41) is 7.88. The van der Waals surface area contributed by atoms with Gasteiger partial charge in [0.2, 0.25) is 0 Å². The molecule has 0 atom stereocenters. The standard InChI is InChI=1S/C18H12BrF4N5/c1-9-25-26-18-24-17(16-13(21)3-2-4-14(16)28(9)18)27(8-15(22)23)12-6-10(19)5-11(20)7-12/h2-7,15H,8H2,1H3. The van der Waals surface area contributed by atoms with Gasteiger partial charge in [-0.25, -0.2) is 17.6 Å². The monoisotopic (exact) mass is 453 g/mol. The lowest BCUT2D eigenvalue weighted by molar-refractivity contribution is 0.158. The maximum Gasteiger partial charge on any atom is 0.257 e. The van der Waals surface area contributed by atoms with Crippen molar-refractivity contribution in [1.29, 1.82) is 0 Å². The van der Waals surface area contributed by atoms with Crippen LogP contribution >= 0.6 is 15.9 Å². The molecule has 10 heteroatoms. The molecule has 4 rings (SSSR count). The number of alkyl halides is 2. The van der Waals surface area contributed by atoms with Crippen molar-refractivity contribution in [2.45, 2.75) is 13.3 Å². The number of rotatable bonds is 4. The number of aromatic nitrogens is 4. The number of benzene rings is 2. The predicted octanol–water partition coefficient (Wildman–Crippen LogP) is 5.03. The molecule has 0 saturated heterocycles. The van der Waals surface area contributed by atoms with Crippen molar-refractivity contribution in [3.05, 3.63) is 58.3 Å². The fourth-order valence-corrected chi connectivity index (χ4v) is 3.57. The highest BCUT2D eigenvalue weighted by Crippen LogP contribution is 2.35. The lowest BCUT2D eigenvalue weighted by atomic mass is 10.2. The van der Waals surface area contributed by atoms with Gasteiger partial charge in [0.1, 0.15) is 23.3 Å². The van der Waals surface area contributed by atoms with Crippen LogP contribution in [0.3, 0.4) is 0 Å². The van der Waals surface area contributed by atoms with Crippen molar-refractivity contribution in [3.63, 3.8) is 0 Å². The maximum absolute atomic E-state index is 14.8. The number of anilines is 2. The van der Waals surface area contributed by atoms with Gasteiger partial charge in [0.05, 0.1) is 17.4 Å². The Balaban J connectivity index is 2.07. The van der Waals surface area contributed by atoms with E-state index in [0.717, 1.165) is 11.0 Å². The van der Waals surface area contributed by atoms with Gasteiger partial charge in [-0.2, -0.15) is 4.98 Å². The van der Waals surface area contributed by atoms with Crippen molar-refractivity contribution in [2.24, 2.45) is 0 Å². The second kappa shape index (κ2) is 7.01. The molecule has 144 valence electrons. The molecule has 2 aromatic heterocycles. The van der Waals surface area contributed by atoms with E-state index in [2.05, 4.69) is 31.1 Å². The second-order valence-corrected chi connectivity index (χ2v) is 7.00. The zero-order valence-corrected chi connectivity index (χ0v) is 16.0. The maximum atomic E-state index is 14.8. The van der Waals surface area contributed by atoms with E-state index in [9.17, 15) is 17.6 Å². The van der Waals surface area contributed by atoms with Crippen LogP contribution in [0.2, 0.25) is 0 Å². The zero-order chi connectivity index (χ0) is 20.0. The highest BCUT2D eigenvalue weighted by molar-refractivity contribution is 9.10. The van der Waals surface area contributed by atoms with Gasteiger partial charge in [-0.15, -0.1) is 10.2 Å². The fraction of sp³-hybridized carbons (Fsp3) is 0.167. The summed E-state index contributed by atoms with van der Waals surface area (Å²) in [6.07, 6.45) is -2.78. The van der Waals surface area contributed by atoms with Gasteiger partial charge in [-0.05, 0) is 37.3 Å². The minimum absolute atomic E-state index is 0.0129. The van der Waals surface area contributed by atoms with E-state index in [-0.39, 0.29) is 22.7 Å². The van der Waals surface area contributed by atoms with E-state index in [1.165, 1.54) is 28.7 Å². The molecule has 5 nitrogen and oxygen atoms in total. The van der Waals surface area contributed by atoms with E-state index in [1.807, 2.05) is 0 Å². The van der Waals surface area contributed by atoms with Crippen LogP contribution in [-0.2, 0) is 0 Å². The number of hydrogen-bond acceptors (Lipinski definition) is 4. The van der Waals surface area contributed by atoms with Crippen molar-refractivity contribution in [2.75, 3.05) is 11.4 Å².